The van der Waals surface area contributed by atoms with Crippen molar-refractivity contribution < 1.29 is 0 Å². The van der Waals surface area contributed by atoms with Crippen molar-refractivity contribution in [2.24, 2.45) is 0 Å². The number of hydrogen-bond donors (Lipinski definition) is 0. The van der Waals surface area contributed by atoms with E-state index in [4.69, 9.17) is 10.5 Å². The number of hydrogen-bond acceptors (Lipinski definition) is 3. The van der Waals surface area contributed by atoms with Crippen molar-refractivity contribution in [2.75, 3.05) is 0 Å². The molecule has 0 aliphatic heterocycles. The lowest BCUT2D eigenvalue weighted by Crippen LogP contribution is -2.10. The van der Waals surface area contributed by atoms with Gasteiger partial charge in [-0.05, 0) is 12.0 Å². The molecular weight excluding hydrogens is 224 g/mol. The Morgan fingerprint density at radius 2 is 1.94 bits per heavy atom. The highest BCUT2D eigenvalue weighted by Crippen LogP contribution is 2.24. The highest BCUT2D eigenvalue weighted by molar-refractivity contribution is 5.37. The molecule has 0 radical (unpaired) electrons. The van der Waals surface area contributed by atoms with Crippen LogP contribution in [0.2, 0.25) is 0 Å². The molecule has 1 atom stereocenters. The Labute approximate surface area is 106 Å². The van der Waals surface area contributed by atoms with Gasteiger partial charge in [0.2, 0.25) is 0 Å². The third-order valence-corrected chi connectivity index (χ3v) is 2.91. The van der Waals surface area contributed by atoms with Crippen molar-refractivity contribution in [3.63, 3.8) is 0 Å². The van der Waals surface area contributed by atoms with Gasteiger partial charge >= 0.3 is 0 Å². The summed E-state index contributed by atoms with van der Waals surface area (Å²) >= 11 is 0. The number of benzene rings is 1. The van der Waals surface area contributed by atoms with Gasteiger partial charge in [-0.15, -0.1) is 0 Å². The molecule has 0 N–H and O–H groups in total. The standard InChI is InChI=1S/C14H12N4/c1-2-13(11-6-4-3-5-7-11)18-10-17-12(8-15)14(18)9-16/h3-7,10,13H,2H2,1H3/t13-/m1/s1. The van der Waals surface area contributed by atoms with Crippen LogP contribution in [0.25, 0.3) is 0 Å². The molecule has 0 bridgehead atoms. The van der Waals surface area contributed by atoms with Crippen LogP contribution in [0.3, 0.4) is 0 Å². The van der Waals surface area contributed by atoms with Crippen molar-refractivity contribution in [1.29, 1.82) is 10.5 Å². The maximum absolute atomic E-state index is 9.15. The van der Waals surface area contributed by atoms with Gasteiger partial charge in [-0.25, -0.2) is 4.98 Å². The quantitative estimate of drug-likeness (QED) is 0.822. The summed E-state index contributed by atoms with van der Waals surface area (Å²) < 4.78 is 1.77. The molecule has 0 aliphatic rings. The summed E-state index contributed by atoms with van der Waals surface area (Å²) in [6.07, 6.45) is 2.40. The first kappa shape index (κ1) is 11.9. The maximum atomic E-state index is 9.15. The Hall–Kier alpha value is -2.59. The highest BCUT2D eigenvalue weighted by atomic mass is 15.1. The Morgan fingerprint density at radius 1 is 1.22 bits per heavy atom. The van der Waals surface area contributed by atoms with E-state index < -0.39 is 0 Å². The number of nitriles is 2. The number of rotatable bonds is 3. The summed E-state index contributed by atoms with van der Waals surface area (Å²) in [5.74, 6) is 0. The molecule has 4 heteroatoms. The van der Waals surface area contributed by atoms with Crippen LogP contribution in [0, 0.1) is 22.7 Å². The number of nitrogens with zero attached hydrogens (tertiary/aromatic N) is 4. The van der Waals surface area contributed by atoms with E-state index in [1.54, 1.807) is 10.9 Å². The summed E-state index contributed by atoms with van der Waals surface area (Å²) in [7, 11) is 0. The Bertz CT molecular complexity index is 613. The summed E-state index contributed by atoms with van der Waals surface area (Å²) in [5.41, 5.74) is 1.62. The van der Waals surface area contributed by atoms with Gasteiger partial charge in [0.25, 0.3) is 0 Å². The molecule has 0 saturated heterocycles. The zero-order chi connectivity index (χ0) is 13.0. The maximum Gasteiger partial charge on any atom is 0.176 e. The zero-order valence-corrected chi connectivity index (χ0v) is 10.0. The van der Waals surface area contributed by atoms with E-state index in [0.29, 0.717) is 5.69 Å². The minimum Gasteiger partial charge on any atom is -0.314 e. The Balaban J connectivity index is 2.51. The minimum absolute atomic E-state index is 0.0375. The highest BCUT2D eigenvalue weighted by Gasteiger charge is 2.18. The van der Waals surface area contributed by atoms with E-state index in [0.717, 1.165) is 12.0 Å². The SMILES string of the molecule is CC[C@H](c1ccccc1)n1cnc(C#N)c1C#N. The number of aromatic nitrogens is 2. The van der Waals surface area contributed by atoms with E-state index in [1.807, 2.05) is 43.3 Å². The van der Waals surface area contributed by atoms with E-state index in [-0.39, 0.29) is 11.7 Å². The van der Waals surface area contributed by atoms with Crippen molar-refractivity contribution in [3.05, 3.63) is 53.6 Å². The second-order valence-corrected chi connectivity index (χ2v) is 3.91. The van der Waals surface area contributed by atoms with Gasteiger partial charge in [-0.1, -0.05) is 37.3 Å². The zero-order valence-electron chi connectivity index (χ0n) is 10.0. The van der Waals surface area contributed by atoms with Crippen LogP contribution >= 0.6 is 0 Å². The van der Waals surface area contributed by atoms with E-state index in [2.05, 4.69) is 11.1 Å². The second-order valence-electron chi connectivity index (χ2n) is 3.91. The Morgan fingerprint density at radius 3 is 2.50 bits per heavy atom. The smallest absolute Gasteiger partial charge is 0.176 e. The average Bonchev–Trinajstić information content (AvgIpc) is 2.83. The molecule has 18 heavy (non-hydrogen) atoms. The summed E-state index contributed by atoms with van der Waals surface area (Å²) in [6.45, 7) is 2.05. The van der Waals surface area contributed by atoms with Crippen LogP contribution in [-0.2, 0) is 0 Å². The molecule has 1 aromatic carbocycles. The molecule has 88 valence electrons. The average molecular weight is 236 g/mol. The Kier molecular flexibility index (Phi) is 3.41. The lowest BCUT2D eigenvalue weighted by Gasteiger charge is -2.17. The molecule has 2 rings (SSSR count). The predicted molar refractivity (Wildman–Crippen MR) is 66.5 cm³/mol. The van der Waals surface area contributed by atoms with E-state index in [9.17, 15) is 0 Å². The van der Waals surface area contributed by atoms with Crippen molar-refractivity contribution in [3.8, 4) is 12.1 Å². The van der Waals surface area contributed by atoms with Crippen LogP contribution < -0.4 is 0 Å². The third kappa shape index (κ3) is 1.97. The molecule has 0 saturated carbocycles. The normalized spacial score (nSPS) is 11.5. The van der Waals surface area contributed by atoms with Gasteiger partial charge < -0.3 is 4.57 Å². The largest absolute Gasteiger partial charge is 0.314 e. The lowest BCUT2D eigenvalue weighted by atomic mass is 10.0. The van der Waals surface area contributed by atoms with Crippen LogP contribution in [0.1, 0.15) is 36.3 Å². The predicted octanol–water partition coefficient (Wildman–Crippen LogP) is 2.63. The van der Waals surface area contributed by atoms with Gasteiger partial charge in [-0.2, -0.15) is 10.5 Å². The molecule has 4 nitrogen and oxygen atoms in total. The second kappa shape index (κ2) is 5.16. The monoisotopic (exact) mass is 236 g/mol. The molecule has 1 heterocycles. The first-order valence-corrected chi connectivity index (χ1v) is 5.73. The molecule has 0 aliphatic carbocycles. The van der Waals surface area contributed by atoms with Crippen LogP contribution in [0.15, 0.2) is 36.7 Å². The van der Waals surface area contributed by atoms with Gasteiger partial charge in [-0.3, -0.25) is 0 Å². The van der Waals surface area contributed by atoms with Crippen LogP contribution in [-0.4, -0.2) is 9.55 Å². The van der Waals surface area contributed by atoms with Crippen LogP contribution in [0.5, 0.6) is 0 Å². The van der Waals surface area contributed by atoms with Crippen molar-refractivity contribution in [1.82, 2.24) is 9.55 Å². The molecule has 1 aromatic heterocycles. The fourth-order valence-electron chi connectivity index (χ4n) is 2.06. The summed E-state index contributed by atoms with van der Waals surface area (Å²) in [5, 5.41) is 18.1. The molecule has 0 spiro atoms. The lowest BCUT2D eigenvalue weighted by molar-refractivity contribution is 0.561. The van der Waals surface area contributed by atoms with Crippen LogP contribution in [0.4, 0.5) is 0 Å². The van der Waals surface area contributed by atoms with Gasteiger partial charge in [0, 0.05) is 0 Å². The van der Waals surface area contributed by atoms with Gasteiger partial charge in [0.05, 0.1) is 12.4 Å². The summed E-state index contributed by atoms with van der Waals surface area (Å²) in [4.78, 5) is 3.98. The van der Waals surface area contributed by atoms with E-state index >= 15 is 0 Å². The molecule has 0 amide bonds. The van der Waals surface area contributed by atoms with Crippen molar-refractivity contribution >= 4 is 0 Å². The first-order valence-electron chi connectivity index (χ1n) is 5.73. The number of imidazole rings is 1. The molecule has 0 fully saturated rings. The van der Waals surface area contributed by atoms with Crippen molar-refractivity contribution in [2.45, 2.75) is 19.4 Å². The van der Waals surface area contributed by atoms with Gasteiger partial charge in [0.15, 0.2) is 11.4 Å². The molecular formula is C14H12N4. The molecule has 0 unspecified atom stereocenters. The topological polar surface area (TPSA) is 65.4 Å². The first-order chi connectivity index (χ1) is 8.81. The molecule has 2 aromatic rings. The minimum atomic E-state index is 0.0375. The van der Waals surface area contributed by atoms with Gasteiger partial charge in [0.1, 0.15) is 12.1 Å². The van der Waals surface area contributed by atoms with E-state index in [1.165, 1.54) is 0 Å². The summed E-state index contributed by atoms with van der Waals surface area (Å²) in [6, 6.07) is 14.0. The fourth-order valence-corrected chi connectivity index (χ4v) is 2.06. The third-order valence-electron chi connectivity index (χ3n) is 2.91. The fraction of sp³-hybridized carbons (Fsp3) is 0.214.